The van der Waals surface area contributed by atoms with E-state index in [-0.39, 0.29) is 30.4 Å². The van der Waals surface area contributed by atoms with Gasteiger partial charge < -0.3 is 28.5 Å². The molecule has 216 valence electrons. The Morgan fingerprint density at radius 1 is 1.20 bits per heavy atom. The molecule has 5 aliphatic rings. The van der Waals surface area contributed by atoms with Crippen LogP contribution >= 0.6 is 0 Å². The first kappa shape index (κ1) is 27.3. The SMILES string of the molecule is C=C(C)C(=O)OC1CC(O)C2(C)C(=O)OC3C4OC5CC(c6ccoc6)C(C)=C5C4(C)C(CC(=O)OC)C1(C)C32. The quantitative estimate of drug-likeness (QED) is 0.250. The lowest BCUT2D eigenvalue weighted by Gasteiger charge is -2.64. The molecule has 9 nitrogen and oxygen atoms in total. The molecule has 11 unspecified atom stereocenters. The molecule has 2 saturated heterocycles. The second-order valence-electron chi connectivity index (χ2n) is 13.0. The van der Waals surface area contributed by atoms with Crippen molar-refractivity contribution < 1.29 is 42.9 Å². The molecule has 0 aromatic carbocycles. The fraction of sp³-hybridized carbons (Fsp3) is 0.645. The lowest BCUT2D eigenvalue weighted by atomic mass is 9.39. The standard InChI is InChI=1S/C31H38O9/c1-14(2)27(34)39-21-12-20(32)31(6)25-24(40-28(31)35)26-30(5,19(29(21,25)4)11-22(33)36-7)23-15(3)17(10-18(23)38-26)16-8-9-37-13-16/h8-9,13,17-21,24-26,32H,1,10-12H2,2-7H3. The lowest BCUT2D eigenvalue weighted by molar-refractivity contribution is -0.248. The summed E-state index contributed by atoms with van der Waals surface area (Å²) in [6.45, 7) is 13.2. The van der Waals surface area contributed by atoms with Crippen molar-refractivity contribution in [2.75, 3.05) is 7.11 Å². The Labute approximate surface area is 233 Å². The molecule has 3 heterocycles. The largest absolute Gasteiger partial charge is 0.472 e. The van der Waals surface area contributed by atoms with Crippen LogP contribution in [0.2, 0.25) is 0 Å². The molecule has 0 radical (unpaired) electrons. The van der Waals surface area contributed by atoms with Gasteiger partial charge in [0.2, 0.25) is 0 Å². The summed E-state index contributed by atoms with van der Waals surface area (Å²) in [6, 6.07) is 1.96. The third kappa shape index (κ3) is 3.25. The van der Waals surface area contributed by atoms with Crippen LogP contribution in [0.4, 0.5) is 0 Å². The van der Waals surface area contributed by atoms with Gasteiger partial charge in [0, 0.05) is 41.1 Å². The zero-order valence-corrected chi connectivity index (χ0v) is 23.9. The Bertz CT molecular complexity index is 1310. The summed E-state index contributed by atoms with van der Waals surface area (Å²) in [4.78, 5) is 39.6. The van der Waals surface area contributed by atoms with Gasteiger partial charge in [-0.2, -0.15) is 0 Å². The maximum Gasteiger partial charge on any atom is 0.333 e. The monoisotopic (exact) mass is 554 g/mol. The number of hydrogen-bond acceptors (Lipinski definition) is 9. The highest BCUT2D eigenvalue weighted by Crippen LogP contribution is 2.74. The number of carbonyl (C=O) groups excluding carboxylic acids is 3. The Morgan fingerprint density at radius 2 is 1.93 bits per heavy atom. The van der Waals surface area contributed by atoms with Crippen molar-refractivity contribution in [2.24, 2.45) is 28.1 Å². The number of ether oxygens (including phenoxy) is 4. The van der Waals surface area contributed by atoms with E-state index in [0.717, 1.165) is 16.7 Å². The summed E-state index contributed by atoms with van der Waals surface area (Å²) in [5.74, 6) is -2.42. The van der Waals surface area contributed by atoms with E-state index in [4.69, 9.17) is 23.4 Å². The van der Waals surface area contributed by atoms with Gasteiger partial charge in [0.25, 0.3) is 0 Å². The summed E-state index contributed by atoms with van der Waals surface area (Å²) in [5.41, 5.74) is 0.567. The van der Waals surface area contributed by atoms with Crippen LogP contribution in [-0.4, -0.2) is 60.6 Å². The Hall–Kier alpha value is -2.91. The van der Waals surface area contributed by atoms with Gasteiger partial charge in [0.1, 0.15) is 18.3 Å². The number of fused-ring (bicyclic) bond motifs is 4. The molecule has 3 aliphatic carbocycles. The molecule has 0 spiro atoms. The van der Waals surface area contributed by atoms with Gasteiger partial charge in [0.15, 0.2) is 0 Å². The number of rotatable bonds is 5. The van der Waals surface area contributed by atoms with Crippen LogP contribution in [0.3, 0.4) is 0 Å². The molecule has 0 bridgehead atoms. The van der Waals surface area contributed by atoms with E-state index >= 15 is 0 Å². The van der Waals surface area contributed by atoms with Gasteiger partial charge in [-0.3, -0.25) is 9.59 Å². The van der Waals surface area contributed by atoms with E-state index in [0.29, 0.717) is 6.42 Å². The molecule has 2 saturated carbocycles. The maximum atomic E-state index is 13.6. The summed E-state index contributed by atoms with van der Waals surface area (Å²) < 4.78 is 29.6. The minimum absolute atomic E-state index is 0.0218. The number of allylic oxidation sites excluding steroid dienone is 1. The van der Waals surface area contributed by atoms with Gasteiger partial charge in [-0.25, -0.2) is 4.79 Å². The molecule has 1 aromatic heterocycles. The first-order chi connectivity index (χ1) is 18.8. The van der Waals surface area contributed by atoms with Crippen molar-refractivity contribution >= 4 is 17.9 Å². The third-order valence-corrected chi connectivity index (χ3v) is 11.3. The van der Waals surface area contributed by atoms with Crippen LogP contribution in [0.5, 0.6) is 0 Å². The Balaban J connectivity index is 1.57. The summed E-state index contributed by atoms with van der Waals surface area (Å²) >= 11 is 0. The molecule has 1 aromatic rings. The van der Waals surface area contributed by atoms with Crippen molar-refractivity contribution in [1.29, 1.82) is 0 Å². The number of carbonyl (C=O) groups is 3. The zero-order valence-electron chi connectivity index (χ0n) is 23.9. The summed E-state index contributed by atoms with van der Waals surface area (Å²) in [5, 5.41) is 11.4. The highest BCUT2D eigenvalue weighted by Gasteiger charge is 2.80. The Kier molecular flexibility index (Phi) is 5.99. The van der Waals surface area contributed by atoms with E-state index < -0.39 is 70.4 Å². The van der Waals surface area contributed by atoms with Crippen molar-refractivity contribution in [3.63, 3.8) is 0 Å². The first-order valence-electron chi connectivity index (χ1n) is 14.0. The maximum absolute atomic E-state index is 13.6. The van der Waals surface area contributed by atoms with Crippen LogP contribution in [0.1, 0.15) is 65.4 Å². The van der Waals surface area contributed by atoms with Crippen molar-refractivity contribution in [1.82, 2.24) is 0 Å². The van der Waals surface area contributed by atoms with Crippen LogP contribution in [0.15, 0.2) is 46.3 Å². The second kappa shape index (κ2) is 8.79. The van der Waals surface area contributed by atoms with Crippen molar-refractivity contribution in [2.45, 2.75) is 90.3 Å². The first-order valence-corrected chi connectivity index (χ1v) is 14.0. The average Bonchev–Trinajstić information content (AvgIpc) is 3.65. The van der Waals surface area contributed by atoms with Crippen molar-refractivity contribution in [3.05, 3.63) is 47.5 Å². The van der Waals surface area contributed by atoms with Gasteiger partial charge in [0.05, 0.1) is 37.3 Å². The van der Waals surface area contributed by atoms with Crippen LogP contribution < -0.4 is 0 Å². The van der Waals surface area contributed by atoms with E-state index in [1.165, 1.54) is 7.11 Å². The van der Waals surface area contributed by atoms with E-state index in [1.54, 1.807) is 26.4 Å². The van der Waals surface area contributed by atoms with Crippen molar-refractivity contribution in [3.8, 4) is 0 Å². The lowest BCUT2D eigenvalue weighted by Crippen LogP contribution is -2.71. The molecular weight excluding hydrogens is 516 g/mol. The number of methoxy groups -OCH3 is 1. The van der Waals surface area contributed by atoms with Crippen LogP contribution in [0.25, 0.3) is 0 Å². The second-order valence-corrected chi connectivity index (χ2v) is 13.0. The number of aliphatic hydroxyl groups is 1. The molecule has 40 heavy (non-hydrogen) atoms. The molecule has 4 fully saturated rings. The number of aliphatic hydroxyl groups excluding tert-OH is 1. The van der Waals surface area contributed by atoms with Crippen LogP contribution in [-0.2, 0) is 33.3 Å². The zero-order chi connectivity index (χ0) is 28.9. The smallest absolute Gasteiger partial charge is 0.333 e. The predicted octanol–water partition coefficient (Wildman–Crippen LogP) is 3.86. The average molecular weight is 555 g/mol. The number of esters is 3. The predicted molar refractivity (Wildman–Crippen MR) is 141 cm³/mol. The topological polar surface area (TPSA) is 122 Å². The third-order valence-electron chi connectivity index (χ3n) is 11.3. The molecule has 0 amide bonds. The fourth-order valence-corrected chi connectivity index (χ4v) is 9.42. The summed E-state index contributed by atoms with van der Waals surface area (Å²) in [7, 11) is 1.36. The van der Waals surface area contributed by atoms with Gasteiger partial charge in [-0.1, -0.05) is 26.0 Å². The van der Waals surface area contributed by atoms with E-state index in [1.807, 2.05) is 13.0 Å². The minimum Gasteiger partial charge on any atom is -0.472 e. The molecule has 1 N–H and O–H groups in total. The molecule has 6 rings (SSSR count). The highest BCUT2D eigenvalue weighted by molar-refractivity contribution is 5.87. The van der Waals surface area contributed by atoms with Gasteiger partial charge in [-0.05, 0) is 50.3 Å². The highest BCUT2D eigenvalue weighted by atomic mass is 16.6. The molecule has 2 aliphatic heterocycles. The molecule has 11 atom stereocenters. The normalized spacial score (nSPS) is 44.9. The molecule has 9 heteroatoms. The Morgan fingerprint density at radius 3 is 2.55 bits per heavy atom. The number of furan rings is 1. The minimum atomic E-state index is -1.26. The fourth-order valence-electron chi connectivity index (χ4n) is 9.42. The van der Waals surface area contributed by atoms with E-state index in [2.05, 4.69) is 20.4 Å². The molecular formula is C31H38O9. The summed E-state index contributed by atoms with van der Waals surface area (Å²) in [6.07, 6.45) is 0.762. The van der Waals surface area contributed by atoms with Gasteiger partial charge in [-0.15, -0.1) is 0 Å². The number of hydrogen-bond donors (Lipinski definition) is 1. The van der Waals surface area contributed by atoms with Gasteiger partial charge >= 0.3 is 17.9 Å². The van der Waals surface area contributed by atoms with E-state index in [9.17, 15) is 19.5 Å². The van der Waals surface area contributed by atoms with Crippen LogP contribution in [0, 0.1) is 28.1 Å².